The summed E-state index contributed by atoms with van der Waals surface area (Å²) < 4.78 is 81.5. The van der Waals surface area contributed by atoms with Gasteiger partial charge in [-0.15, -0.1) is 0 Å². The van der Waals surface area contributed by atoms with E-state index in [2.05, 4.69) is 0 Å². The molecular weight excluding hydrogens is 646 g/mol. The fourth-order valence-electron chi connectivity index (χ4n) is 6.02. The van der Waals surface area contributed by atoms with Crippen molar-refractivity contribution in [2.24, 2.45) is 10.8 Å². The number of halogens is 6. The van der Waals surface area contributed by atoms with Gasteiger partial charge in [0.25, 0.3) is 0 Å². The van der Waals surface area contributed by atoms with Crippen LogP contribution in [0.2, 0.25) is 0 Å². The van der Waals surface area contributed by atoms with Crippen LogP contribution in [0.3, 0.4) is 0 Å². The molecule has 0 fully saturated rings. The minimum atomic E-state index is -4.58. The van der Waals surface area contributed by atoms with Crippen LogP contribution < -0.4 is 0 Å². The monoisotopic (exact) mass is 680 g/mol. The molecule has 43 heavy (non-hydrogen) atoms. The van der Waals surface area contributed by atoms with Crippen molar-refractivity contribution >= 4 is 11.1 Å². The molecule has 2 aliphatic rings. The number of rotatable bonds is 5. The Hall–Kier alpha value is -2.54. The van der Waals surface area contributed by atoms with Gasteiger partial charge >= 0.3 is 12.4 Å². The normalized spacial score (nSPS) is 16.5. The molecular formula is C34H36F6O2Zr. The zero-order valence-electron chi connectivity index (χ0n) is 25.1. The van der Waals surface area contributed by atoms with Gasteiger partial charge in [-0.05, 0) is 106 Å². The largest absolute Gasteiger partial charge is 0.507 e. The average Bonchev–Trinajstić information content (AvgIpc) is 3.46. The van der Waals surface area contributed by atoms with Crippen molar-refractivity contribution < 1.29 is 62.8 Å². The Morgan fingerprint density at radius 3 is 1.19 bits per heavy atom. The van der Waals surface area contributed by atoms with Crippen LogP contribution in [0.25, 0.3) is 11.1 Å². The molecule has 0 amide bonds. The van der Waals surface area contributed by atoms with Crippen LogP contribution >= 0.6 is 0 Å². The van der Waals surface area contributed by atoms with Crippen molar-refractivity contribution in [3.05, 3.63) is 93.1 Å². The van der Waals surface area contributed by atoms with Crippen LogP contribution in [-0.4, -0.2) is 10.2 Å². The van der Waals surface area contributed by atoms with Crippen molar-refractivity contribution in [2.75, 3.05) is 0 Å². The van der Waals surface area contributed by atoms with E-state index >= 15 is 0 Å². The molecule has 2 aromatic rings. The summed E-state index contributed by atoms with van der Waals surface area (Å²) in [5.41, 5.74) is 2.60. The second-order valence-electron chi connectivity index (χ2n) is 13.0. The molecule has 0 heterocycles. The van der Waals surface area contributed by atoms with E-state index in [9.17, 15) is 36.6 Å². The molecule has 9 heteroatoms. The third-order valence-electron chi connectivity index (χ3n) is 7.94. The number of phenolic OH excluding ortho intramolecular Hbond substituents is 2. The predicted molar refractivity (Wildman–Crippen MR) is 154 cm³/mol. The number of benzene rings is 2. The number of allylic oxidation sites excluding steroid dienone is 8. The molecule has 0 unspecified atom stereocenters. The van der Waals surface area contributed by atoms with E-state index in [1.54, 1.807) is 0 Å². The Morgan fingerprint density at radius 2 is 0.907 bits per heavy atom. The van der Waals surface area contributed by atoms with Crippen LogP contribution in [0.5, 0.6) is 11.5 Å². The number of hydrogen-bond donors (Lipinski definition) is 2. The van der Waals surface area contributed by atoms with Gasteiger partial charge in [-0.1, -0.05) is 53.7 Å². The molecule has 2 aromatic carbocycles. The van der Waals surface area contributed by atoms with E-state index < -0.39 is 23.5 Å². The number of phenols is 2. The summed E-state index contributed by atoms with van der Waals surface area (Å²) >= 11 is 0. The second kappa shape index (κ2) is 12.1. The van der Waals surface area contributed by atoms with Gasteiger partial charge in [0.15, 0.2) is 0 Å². The Bertz CT molecular complexity index is 1410. The Morgan fingerprint density at radius 1 is 0.581 bits per heavy atom. The third kappa shape index (κ3) is 7.41. The molecule has 0 spiro atoms. The first-order chi connectivity index (χ1) is 19.2. The van der Waals surface area contributed by atoms with Crippen LogP contribution in [0, 0.1) is 10.8 Å². The zero-order valence-corrected chi connectivity index (χ0v) is 27.6. The molecule has 4 rings (SSSR count). The molecule has 2 aliphatic carbocycles. The molecule has 0 aliphatic heterocycles. The summed E-state index contributed by atoms with van der Waals surface area (Å²) in [7, 11) is 0. The molecule has 0 saturated heterocycles. The molecule has 0 aromatic heterocycles. The van der Waals surface area contributed by atoms with Crippen molar-refractivity contribution in [3.8, 4) is 11.5 Å². The predicted octanol–water partition coefficient (Wildman–Crippen LogP) is 10.9. The maximum absolute atomic E-state index is 13.6. The minimum absolute atomic E-state index is 0. The molecule has 0 atom stereocenters. The molecule has 0 bridgehead atoms. The molecule has 0 radical (unpaired) electrons. The van der Waals surface area contributed by atoms with E-state index in [1.165, 1.54) is 0 Å². The van der Waals surface area contributed by atoms with Gasteiger partial charge in [-0.25, -0.2) is 0 Å². The minimum Gasteiger partial charge on any atom is -0.507 e. The summed E-state index contributed by atoms with van der Waals surface area (Å²) in [5.74, 6) is -0.493. The maximum Gasteiger partial charge on any atom is 0.416 e. The van der Waals surface area contributed by atoms with E-state index in [0.717, 1.165) is 58.7 Å². The second-order valence-corrected chi connectivity index (χ2v) is 13.0. The Labute approximate surface area is 268 Å². The first kappa shape index (κ1) is 34.9. The number of alkyl halides is 6. The third-order valence-corrected chi connectivity index (χ3v) is 7.94. The van der Waals surface area contributed by atoms with Crippen LogP contribution in [0.4, 0.5) is 26.3 Å². The number of hydrogen-bond acceptors (Lipinski definition) is 2. The van der Waals surface area contributed by atoms with Crippen molar-refractivity contribution in [1.82, 2.24) is 0 Å². The standard InChI is InChI=1S/C34H36F6O2.Zr/c1-31(2,3)27-13-11-21(25-17-19(33(35,36)37)7-15-29(25)41)23(27)9-10-24-22(12-14-28(24)32(4,5)6)26-18-20(34(38,39)40)8-16-30(26)42;/h7-8,13-18,41-42H,9-12H2,1-6H3;. The molecule has 2 N–H and O–H groups in total. The summed E-state index contributed by atoms with van der Waals surface area (Å²) in [6.07, 6.45) is -3.73. The first-order valence-corrected chi connectivity index (χ1v) is 13.9. The maximum atomic E-state index is 13.6. The average molecular weight is 682 g/mol. The van der Waals surface area contributed by atoms with Gasteiger partial charge in [-0.2, -0.15) is 26.3 Å². The summed E-state index contributed by atoms with van der Waals surface area (Å²) in [6.45, 7) is 12.1. The fraction of sp³-hybridized carbons (Fsp3) is 0.412. The topological polar surface area (TPSA) is 40.5 Å². The van der Waals surface area contributed by atoms with Crippen molar-refractivity contribution in [2.45, 2.75) is 79.6 Å². The van der Waals surface area contributed by atoms with E-state index in [1.807, 2.05) is 53.7 Å². The Kier molecular flexibility index (Phi) is 9.83. The van der Waals surface area contributed by atoms with E-state index in [-0.39, 0.29) is 59.7 Å². The van der Waals surface area contributed by atoms with Crippen LogP contribution in [0.1, 0.15) is 89.5 Å². The fourth-order valence-corrected chi connectivity index (χ4v) is 6.02. The van der Waals surface area contributed by atoms with Gasteiger partial charge in [0, 0.05) is 37.3 Å². The van der Waals surface area contributed by atoms with Crippen LogP contribution in [-0.2, 0) is 38.6 Å². The molecule has 2 nitrogen and oxygen atoms in total. The molecule has 0 saturated carbocycles. The summed E-state index contributed by atoms with van der Waals surface area (Å²) in [4.78, 5) is 0. The SMILES string of the molecule is CC(C)(C)C1=CCC(c2cc(C(F)(F)F)ccc2O)=C1CCC1=C(c2cc(C(F)(F)F)ccc2O)CC=C1C(C)(C)C.[Zr]. The van der Waals surface area contributed by atoms with Crippen molar-refractivity contribution in [3.63, 3.8) is 0 Å². The number of aromatic hydroxyl groups is 2. The first-order valence-electron chi connectivity index (χ1n) is 13.9. The van der Waals surface area contributed by atoms with Crippen LogP contribution in [0.15, 0.2) is 70.8 Å². The summed E-state index contributed by atoms with van der Waals surface area (Å²) in [5, 5.41) is 21.3. The van der Waals surface area contributed by atoms with E-state index in [0.29, 0.717) is 36.8 Å². The zero-order chi connectivity index (χ0) is 31.4. The van der Waals surface area contributed by atoms with Gasteiger partial charge in [-0.3, -0.25) is 0 Å². The quantitative estimate of drug-likeness (QED) is 0.309. The Balaban J connectivity index is 0.00000506. The van der Waals surface area contributed by atoms with Gasteiger partial charge in [0.05, 0.1) is 11.1 Å². The van der Waals surface area contributed by atoms with Gasteiger partial charge < -0.3 is 10.2 Å². The van der Waals surface area contributed by atoms with E-state index in [4.69, 9.17) is 0 Å². The summed E-state index contributed by atoms with van der Waals surface area (Å²) in [6, 6.07) is 5.78. The molecule has 230 valence electrons. The smallest absolute Gasteiger partial charge is 0.416 e. The van der Waals surface area contributed by atoms with Crippen molar-refractivity contribution in [1.29, 1.82) is 0 Å². The van der Waals surface area contributed by atoms with Gasteiger partial charge in [0.1, 0.15) is 11.5 Å². The van der Waals surface area contributed by atoms with Gasteiger partial charge in [0.2, 0.25) is 0 Å².